The first-order valence-electron chi connectivity index (χ1n) is 6.54. The molecule has 1 aromatic heterocycles. The zero-order valence-electron chi connectivity index (χ0n) is 10.0. The molecule has 1 saturated carbocycles. The third-order valence-corrected chi connectivity index (χ3v) is 4.17. The van der Waals surface area contributed by atoms with Gasteiger partial charge in [0.25, 0.3) is 5.91 Å². The quantitative estimate of drug-likeness (QED) is 0.742. The molecule has 2 heterocycles. The summed E-state index contributed by atoms with van der Waals surface area (Å²) in [6, 6.07) is 3.69. The summed E-state index contributed by atoms with van der Waals surface area (Å²) in [7, 11) is 0. The number of rotatable bonds is 1. The Morgan fingerprint density at radius 3 is 2.53 bits per heavy atom. The summed E-state index contributed by atoms with van der Waals surface area (Å²) in [5.41, 5.74) is 0.728. The lowest BCUT2D eigenvalue weighted by Gasteiger charge is -2.22. The summed E-state index contributed by atoms with van der Waals surface area (Å²) in [5, 5.41) is 0. The average Bonchev–Trinajstić information content (AvgIpc) is 2.82. The van der Waals surface area contributed by atoms with E-state index in [0.29, 0.717) is 0 Å². The minimum atomic E-state index is 0.160. The minimum absolute atomic E-state index is 0.160. The lowest BCUT2D eigenvalue weighted by molar-refractivity contribution is 0.0783. The van der Waals surface area contributed by atoms with Crippen LogP contribution in [0.2, 0.25) is 0 Å². The van der Waals surface area contributed by atoms with E-state index in [9.17, 15) is 4.79 Å². The van der Waals surface area contributed by atoms with Crippen molar-refractivity contribution in [1.82, 2.24) is 9.88 Å². The normalized spacial score (nSPS) is 27.9. The highest BCUT2D eigenvalue weighted by Crippen LogP contribution is 2.36. The van der Waals surface area contributed by atoms with Gasteiger partial charge in [0.05, 0.1) is 5.56 Å². The van der Waals surface area contributed by atoms with Crippen LogP contribution in [0.3, 0.4) is 0 Å². The molecule has 2 aliphatic rings. The smallest absolute Gasteiger partial charge is 0.255 e. The molecule has 2 fully saturated rings. The third-order valence-electron chi connectivity index (χ3n) is 4.17. The average molecular weight is 230 g/mol. The summed E-state index contributed by atoms with van der Waals surface area (Å²) in [5.74, 6) is 1.67. The van der Waals surface area contributed by atoms with Gasteiger partial charge in [-0.15, -0.1) is 0 Å². The van der Waals surface area contributed by atoms with E-state index >= 15 is 0 Å². The van der Waals surface area contributed by atoms with Gasteiger partial charge in [-0.3, -0.25) is 9.78 Å². The molecule has 1 amide bonds. The number of hydrogen-bond acceptors (Lipinski definition) is 2. The molecule has 0 spiro atoms. The lowest BCUT2D eigenvalue weighted by atomic mass is 9.82. The van der Waals surface area contributed by atoms with Gasteiger partial charge >= 0.3 is 0 Å². The second-order valence-electron chi connectivity index (χ2n) is 5.26. The summed E-state index contributed by atoms with van der Waals surface area (Å²) in [4.78, 5) is 18.3. The molecule has 0 N–H and O–H groups in total. The standard InChI is InChI=1S/C14H18N2O/c17-14(11-6-3-7-15-8-11)16-9-12-4-1-2-5-13(12)10-16/h3,6-8,12-13H,1-2,4-5,9-10H2. The predicted molar refractivity (Wildman–Crippen MR) is 65.6 cm³/mol. The maximum Gasteiger partial charge on any atom is 0.255 e. The van der Waals surface area contributed by atoms with Crippen molar-refractivity contribution in [2.45, 2.75) is 25.7 Å². The Morgan fingerprint density at radius 2 is 1.94 bits per heavy atom. The summed E-state index contributed by atoms with van der Waals surface area (Å²) < 4.78 is 0. The molecular formula is C14H18N2O. The van der Waals surface area contributed by atoms with Crippen LogP contribution < -0.4 is 0 Å². The van der Waals surface area contributed by atoms with Crippen molar-refractivity contribution < 1.29 is 4.79 Å². The molecule has 1 aliphatic carbocycles. The largest absolute Gasteiger partial charge is 0.338 e. The Hall–Kier alpha value is -1.38. The number of hydrogen-bond donors (Lipinski definition) is 0. The van der Waals surface area contributed by atoms with Crippen LogP contribution >= 0.6 is 0 Å². The first kappa shape index (κ1) is 10.8. The number of nitrogens with zero attached hydrogens (tertiary/aromatic N) is 2. The Morgan fingerprint density at radius 1 is 1.24 bits per heavy atom. The van der Waals surface area contributed by atoms with E-state index in [0.717, 1.165) is 30.5 Å². The lowest BCUT2D eigenvalue weighted by Crippen LogP contribution is -2.29. The van der Waals surface area contributed by atoms with E-state index in [-0.39, 0.29) is 5.91 Å². The maximum atomic E-state index is 12.3. The van der Waals surface area contributed by atoms with Crippen molar-refractivity contribution in [1.29, 1.82) is 0 Å². The van der Waals surface area contributed by atoms with Crippen LogP contribution in [0.1, 0.15) is 36.0 Å². The zero-order chi connectivity index (χ0) is 11.7. The molecule has 1 aliphatic heterocycles. The van der Waals surface area contributed by atoms with Gasteiger partial charge in [0.2, 0.25) is 0 Å². The van der Waals surface area contributed by atoms with Crippen molar-refractivity contribution in [2.24, 2.45) is 11.8 Å². The highest BCUT2D eigenvalue weighted by Gasteiger charge is 2.36. The molecule has 2 unspecified atom stereocenters. The van der Waals surface area contributed by atoms with Gasteiger partial charge in [0.15, 0.2) is 0 Å². The van der Waals surface area contributed by atoms with Crippen LogP contribution in [0.15, 0.2) is 24.5 Å². The molecule has 0 radical (unpaired) electrons. The third kappa shape index (κ3) is 2.06. The van der Waals surface area contributed by atoms with Crippen LogP contribution in [0.25, 0.3) is 0 Å². The topological polar surface area (TPSA) is 33.2 Å². The zero-order valence-corrected chi connectivity index (χ0v) is 10.0. The molecular weight excluding hydrogens is 212 g/mol. The van der Waals surface area contributed by atoms with Gasteiger partial charge in [-0.05, 0) is 36.8 Å². The number of carbonyl (C=O) groups is 1. The fourth-order valence-electron chi connectivity index (χ4n) is 3.24. The molecule has 0 aromatic carbocycles. The van der Waals surface area contributed by atoms with Gasteiger partial charge in [0, 0.05) is 25.5 Å². The predicted octanol–water partition coefficient (Wildman–Crippen LogP) is 2.34. The molecule has 17 heavy (non-hydrogen) atoms. The van der Waals surface area contributed by atoms with E-state index < -0.39 is 0 Å². The van der Waals surface area contributed by atoms with Crippen LogP contribution in [-0.4, -0.2) is 28.9 Å². The number of likely N-dealkylation sites (tertiary alicyclic amines) is 1. The molecule has 3 nitrogen and oxygen atoms in total. The molecule has 3 heteroatoms. The minimum Gasteiger partial charge on any atom is -0.338 e. The van der Waals surface area contributed by atoms with Gasteiger partial charge in [-0.2, -0.15) is 0 Å². The molecule has 1 aromatic rings. The molecule has 0 bridgehead atoms. The Bertz CT molecular complexity index is 390. The van der Waals surface area contributed by atoms with E-state index in [4.69, 9.17) is 0 Å². The van der Waals surface area contributed by atoms with Crippen LogP contribution in [-0.2, 0) is 0 Å². The number of carbonyl (C=O) groups excluding carboxylic acids is 1. The highest BCUT2D eigenvalue weighted by atomic mass is 16.2. The number of fused-ring (bicyclic) bond motifs is 1. The van der Waals surface area contributed by atoms with Gasteiger partial charge < -0.3 is 4.90 Å². The Balaban J connectivity index is 1.72. The van der Waals surface area contributed by atoms with Crippen molar-refractivity contribution in [3.63, 3.8) is 0 Å². The van der Waals surface area contributed by atoms with Gasteiger partial charge in [-0.1, -0.05) is 12.8 Å². The van der Waals surface area contributed by atoms with Gasteiger partial charge in [-0.25, -0.2) is 0 Å². The summed E-state index contributed by atoms with van der Waals surface area (Å²) >= 11 is 0. The van der Waals surface area contributed by atoms with E-state index in [1.54, 1.807) is 12.4 Å². The monoisotopic (exact) mass is 230 g/mol. The van der Waals surface area contributed by atoms with Crippen molar-refractivity contribution in [3.8, 4) is 0 Å². The Labute approximate surface area is 102 Å². The Kier molecular flexibility index (Phi) is 2.83. The number of pyridine rings is 1. The molecule has 90 valence electrons. The van der Waals surface area contributed by atoms with Crippen molar-refractivity contribution in [3.05, 3.63) is 30.1 Å². The number of amides is 1. The highest BCUT2D eigenvalue weighted by molar-refractivity contribution is 5.94. The SMILES string of the molecule is O=C(c1cccnc1)N1CC2CCCCC2C1. The van der Waals surface area contributed by atoms with Crippen LogP contribution in [0, 0.1) is 11.8 Å². The maximum absolute atomic E-state index is 12.3. The van der Waals surface area contributed by atoms with E-state index in [2.05, 4.69) is 4.98 Å². The van der Waals surface area contributed by atoms with E-state index in [1.165, 1.54) is 25.7 Å². The molecule has 2 atom stereocenters. The van der Waals surface area contributed by atoms with Crippen molar-refractivity contribution in [2.75, 3.05) is 13.1 Å². The fourth-order valence-corrected chi connectivity index (χ4v) is 3.24. The summed E-state index contributed by atoms with van der Waals surface area (Å²) in [6.07, 6.45) is 8.68. The number of aromatic nitrogens is 1. The molecule has 3 rings (SSSR count). The fraction of sp³-hybridized carbons (Fsp3) is 0.571. The molecule has 1 saturated heterocycles. The van der Waals surface area contributed by atoms with Crippen LogP contribution in [0.4, 0.5) is 0 Å². The van der Waals surface area contributed by atoms with Crippen molar-refractivity contribution >= 4 is 5.91 Å². The van der Waals surface area contributed by atoms with Gasteiger partial charge in [0.1, 0.15) is 0 Å². The first-order chi connectivity index (χ1) is 8.34. The van der Waals surface area contributed by atoms with E-state index in [1.807, 2.05) is 17.0 Å². The first-order valence-corrected chi connectivity index (χ1v) is 6.54. The second-order valence-corrected chi connectivity index (χ2v) is 5.26. The van der Waals surface area contributed by atoms with Crippen LogP contribution in [0.5, 0.6) is 0 Å². The summed E-state index contributed by atoms with van der Waals surface area (Å²) in [6.45, 7) is 1.91. The second kappa shape index (κ2) is 4.47.